The van der Waals surface area contributed by atoms with E-state index in [4.69, 9.17) is 10.5 Å². The minimum Gasteiger partial charge on any atom is -0.476 e. The minimum atomic E-state index is 0.210. The van der Waals surface area contributed by atoms with Crippen LogP contribution in [-0.4, -0.2) is 18.1 Å². The van der Waals surface area contributed by atoms with E-state index in [-0.39, 0.29) is 5.41 Å². The molecule has 0 unspecified atom stereocenters. The fraction of sp³-hybridized carbons (Fsp3) is 0.688. The third-order valence-electron chi connectivity index (χ3n) is 3.73. The molecule has 1 aromatic rings. The number of nitrogens with zero attached hydrogens (tertiary/aromatic N) is 1. The van der Waals surface area contributed by atoms with Crippen molar-refractivity contribution >= 4 is 11.5 Å². The summed E-state index contributed by atoms with van der Waals surface area (Å²) in [6.45, 7) is 14.6. The Labute approximate surface area is 123 Å². The van der Waals surface area contributed by atoms with Gasteiger partial charge >= 0.3 is 0 Å². The summed E-state index contributed by atoms with van der Waals surface area (Å²) in [5.41, 5.74) is 6.68. The van der Waals surface area contributed by atoms with Crippen LogP contribution in [0.5, 0.6) is 5.88 Å². The van der Waals surface area contributed by atoms with Gasteiger partial charge in [0.1, 0.15) is 5.82 Å². The van der Waals surface area contributed by atoms with Crippen LogP contribution < -0.4 is 15.8 Å². The quantitative estimate of drug-likeness (QED) is 0.797. The number of aromatic nitrogens is 1. The number of nitrogen functional groups attached to an aromatic ring is 1. The second-order valence-electron chi connectivity index (χ2n) is 6.79. The number of nitrogens with two attached hydrogens (primary N) is 1. The maximum absolute atomic E-state index is 5.89. The topological polar surface area (TPSA) is 60.2 Å². The molecule has 4 nitrogen and oxygen atoms in total. The van der Waals surface area contributed by atoms with E-state index in [1.807, 2.05) is 12.1 Å². The number of nitrogens with one attached hydrogen (secondary N) is 1. The average molecular weight is 279 g/mol. The van der Waals surface area contributed by atoms with Crippen LogP contribution in [0.25, 0.3) is 0 Å². The molecule has 4 heteroatoms. The number of rotatable bonds is 7. The van der Waals surface area contributed by atoms with Gasteiger partial charge in [-0.25, -0.2) is 0 Å². The lowest BCUT2D eigenvalue weighted by atomic mass is 9.81. The Bertz CT molecular complexity index is 428. The van der Waals surface area contributed by atoms with Gasteiger partial charge in [-0.1, -0.05) is 41.5 Å². The SMILES string of the molecule is CC(C)COc1nc(NCC(C)(C)C(C)C)ccc1N. The van der Waals surface area contributed by atoms with Crippen molar-refractivity contribution in [2.75, 3.05) is 24.2 Å². The Morgan fingerprint density at radius 1 is 1.25 bits per heavy atom. The first-order valence-corrected chi connectivity index (χ1v) is 7.35. The van der Waals surface area contributed by atoms with Gasteiger partial charge in [-0.3, -0.25) is 0 Å². The molecule has 0 bridgehead atoms. The molecule has 0 saturated heterocycles. The van der Waals surface area contributed by atoms with Crippen LogP contribution in [0.4, 0.5) is 11.5 Å². The fourth-order valence-corrected chi connectivity index (χ4v) is 1.43. The lowest BCUT2D eigenvalue weighted by Crippen LogP contribution is -2.28. The zero-order chi connectivity index (χ0) is 15.3. The highest BCUT2D eigenvalue weighted by Crippen LogP contribution is 2.27. The third kappa shape index (κ3) is 4.91. The standard InChI is InChI=1S/C16H29N3O/c1-11(2)9-20-15-13(17)7-8-14(19-15)18-10-16(5,6)12(3)4/h7-8,11-12H,9-10,17H2,1-6H3,(H,18,19). The number of ether oxygens (including phenoxy) is 1. The fourth-order valence-electron chi connectivity index (χ4n) is 1.43. The number of hydrogen-bond acceptors (Lipinski definition) is 4. The predicted molar refractivity (Wildman–Crippen MR) is 86.1 cm³/mol. The van der Waals surface area contributed by atoms with Gasteiger partial charge in [-0.15, -0.1) is 0 Å². The maximum atomic E-state index is 5.89. The van der Waals surface area contributed by atoms with Gasteiger partial charge in [0, 0.05) is 6.54 Å². The molecular formula is C16H29N3O. The van der Waals surface area contributed by atoms with Gasteiger partial charge in [-0.2, -0.15) is 4.98 Å². The van der Waals surface area contributed by atoms with Crippen LogP contribution >= 0.6 is 0 Å². The molecule has 1 heterocycles. The Morgan fingerprint density at radius 2 is 1.90 bits per heavy atom. The Kier molecular flexibility index (Phi) is 5.66. The molecule has 0 amide bonds. The average Bonchev–Trinajstić information content (AvgIpc) is 2.36. The highest BCUT2D eigenvalue weighted by atomic mass is 16.5. The van der Waals surface area contributed by atoms with Gasteiger partial charge in [0.25, 0.3) is 0 Å². The Hall–Kier alpha value is -1.45. The molecule has 0 atom stereocenters. The van der Waals surface area contributed by atoms with Crippen molar-refractivity contribution in [1.29, 1.82) is 0 Å². The maximum Gasteiger partial charge on any atom is 0.239 e. The van der Waals surface area contributed by atoms with Gasteiger partial charge in [0.15, 0.2) is 0 Å². The summed E-state index contributed by atoms with van der Waals surface area (Å²) in [6, 6.07) is 3.74. The normalized spacial score (nSPS) is 12.0. The van der Waals surface area contributed by atoms with E-state index >= 15 is 0 Å². The predicted octanol–water partition coefficient (Wildman–Crippen LogP) is 3.79. The minimum absolute atomic E-state index is 0.210. The molecule has 0 saturated carbocycles. The molecule has 0 aliphatic rings. The highest BCUT2D eigenvalue weighted by molar-refractivity contribution is 5.53. The molecule has 0 aromatic carbocycles. The van der Waals surface area contributed by atoms with Gasteiger partial charge in [0.2, 0.25) is 5.88 Å². The Balaban J connectivity index is 2.70. The zero-order valence-electron chi connectivity index (χ0n) is 13.7. The summed E-state index contributed by atoms with van der Waals surface area (Å²) in [6.07, 6.45) is 0. The van der Waals surface area contributed by atoms with Gasteiger partial charge in [-0.05, 0) is 29.4 Å². The van der Waals surface area contributed by atoms with E-state index in [0.717, 1.165) is 12.4 Å². The van der Waals surface area contributed by atoms with E-state index in [0.29, 0.717) is 30.0 Å². The second-order valence-corrected chi connectivity index (χ2v) is 6.79. The van der Waals surface area contributed by atoms with E-state index < -0.39 is 0 Å². The van der Waals surface area contributed by atoms with Gasteiger partial charge in [0.05, 0.1) is 12.3 Å². The van der Waals surface area contributed by atoms with Crippen molar-refractivity contribution < 1.29 is 4.74 Å². The van der Waals surface area contributed by atoms with Crippen molar-refractivity contribution in [3.63, 3.8) is 0 Å². The van der Waals surface area contributed by atoms with Gasteiger partial charge < -0.3 is 15.8 Å². The number of anilines is 2. The summed E-state index contributed by atoms with van der Waals surface area (Å²) < 4.78 is 5.64. The molecule has 0 aliphatic heterocycles. The summed E-state index contributed by atoms with van der Waals surface area (Å²) in [7, 11) is 0. The molecule has 114 valence electrons. The lowest BCUT2D eigenvalue weighted by molar-refractivity contribution is 0.261. The second kappa shape index (κ2) is 6.82. The van der Waals surface area contributed by atoms with Crippen LogP contribution in [0.3, 0.4) is 0 Å². The largest absolute Gasteiger partial charge is 0.476 e. The van der Waals surface area contributed by atoms with Crippen molar-refractivity contribution in [1.82, 2.24) is 4.98 Å². The first kappa shape index (κ1) is 16.6. The third-order valence-corrected chi connectivity index (χ3v) is 3.73. The van der Waals surface area contributed by atoms with Crippen LogP contribution in [0.15, 0.2) is 12.1 Å². The summed E-state index contributed by atoms with van der Waals surface area (Å²) in [5, 5.41) is 3.37. The van der Waals surface area contributed by atoms with Crippen molar-refractivity contribution in [2.24, 2.45) is 17.3 Å². The van der Waals surface area contributed by atoms with Crippen LogP contribution in [-0.2, 0) is 0 Å². The molecule has 3 N–H and O–H groups in total. The summed E-state index contributed by atoms with van der Waals surface area (Å²) in [5.74, 6) is 2.38. The molecule has 0 aliphatic carbocycles. The monoisotopic (exact) mass is 279 g/mol. The van der Waals surface area contributed by atoms with Crippen molar-refractivity contribution in [3.05, 3.63) is 12.1 Å². The molecule has 0 fully saturated rings. The number of hydrogen-bond donors (Lipinski definition) is 2. The smallest absolute Gasteiger partial charge is 0.239 e. The Morgan fingerprint density at radius 3 is 2.45 bits per heavy atom. The molecule has 1 aromatic heterocycles. The first-order chi connectivity index (χ1) is 9.22. The van der Waals surface area contributed by atoms with Crippen LogP contribution in [0.1, 0.15) is 41.5 Å². The molecule has 20 heavy (non-hydrogen) atoms. The summed E-state index contributed by atoms with van der Waals surface area (Å²) >= 11 is 0. The van der Waals surface area contributed by atoms with E-state index in [1.165, 1.54) is 0 Å². The molecule has 0 radical (unpaired) electrons. The van der Waals surface area contributed by atoms with Crippen molar-refractivity contribution in [2.45, 2.75) is 41.5 Å². The highest BCUT2D eigenvalue weighted by Gasteiger charge is 2.22. The van der Waals surface area contributed by atoms with E-state index in [2.05, 4.69) is 51.8 Å². The number of pyridine rings is 1. The van der Waals surface area contributed by atoms with E-state index in [9.17, 15) is 0 Å². The zero-order valence-corrected chi connectivity index (χ0v) is 13.7. The summed E-state index contributed by atoms with van der Waals surface area (Å²) in [4.78, 5) is 4.45. The molecule has 0 spiro atoms. The van der Waals surface area contributed by atoms with E-state index in [1.54, 1.807) is 0 Å². The molecule has 1 rings (SSSR count). The van der Waals surface area contributed by atoms with Crippen LogP contribution in [0, 0.1) is 17.3 Å². The lowest BCUT2D eigenvalue weighted by Gasteiger charge is -2.29. The first-order valence-electron chi connectivity index (χ1n) is 7.35. The van der Waals surface area contributed by atoms with Crippen LogP contribution in [0.2, 0.25) is 0 Å². The van der Waals surface area contributed by atoms with Crippen molar-refractivity contribution in [3.8, 4) is 5.88 Å². The molecular weight excluding hydrogens is 250 g/mol.